The van der Waals surface area contributed by atoms with E-state index >= 15 is 0 Å². The van der Waals surface area contributed by atoms with Gasteiger partial charge in [0.15, 0.2) is 0 Å². The van der Waals surface area contributed by atoms with E-state index in [9.17, 15) is 22.4 Å². The molecular formula is C12H15F4N3O. The molecule has 0 atom stereocenters. The topological polar surface area (TPSA) is 67.2 Å². The molecule has 0 fully saturated rings. The first-order valence-electron chi connectivity index (χ1n) is 5.85. The summed E-state index contributed by atoms with van der Waals surface area (Å²) in [5.74, 6) is -4.58. The highest BCUT2D eigenvalue weighted by Crippen LogP contribution is 2.26. The molecule has 4 nitrogen and oxygen atoms in total. The van der Waals surface area contributed by atoms with E-state index in [-0.39, 0.29) is 16.9 Å². The number of hydrogen-bond donors (Lipinski definition) is 3. The third-order valence-corrected chi connectivity index (χ3v) is 2.49. The van der Waals surface area contributed by atoms with Crippen molar-refractivity contribution in [2.24, 2.45) is 0 Å². The highest BCUT2D eigenvalue weighted by Gasteiger charge is 2.40. The van der Waals surface area contributed by atoms with Gasteiger partial charge in [-0.3, -0.25) is 4.79 Å². The van der Waals surface area contributed by atoms with Crippen molar-refractivity contribution < 1.29 is 22.4 Å². The third kappa shape index (κ3) is 4.01. The number of carbonyl (C=O) groups is 1. The normalized spacial score (nSPS) is 11.5. The van der Waals surface area contributed by atoms with Crippen LogP contribution in [-0.2, 0) is 0 Å². The largest absolute Gasteiger partial charge is 0.397 e. The lowest BCUT2D eigenvalue weighted by molar-refractivity contribution is -0.117. The fraction of sp³-hybridized carbons (Fsp3) is 0.417. The molecular weight excluding hydrogens is 278 g/mol. The van der Waals surface area contributed by atoms with Gasteiger partial charge in [0.2, 0.25) is 0 Å². The van der Waals surface area contributed by atoms with Crippen LogP contribution in [-0.4, -0.2) is 31.3 Å². The number of nitrogens with one attached hydrogen (secondary N) is 2. The quantitative estimate of drug-likeness (QED) is 0.557. The Bertz CT molecular complexity index is 480. The molecule has 0 spiro atoms. The SMILES string of the molecule is CCNC(=O)c1ccc(N)c(NCC(F)(F)C(F)F)c1. The Labute approximate surface area is 113 Å². The Hall–Kier alpha value is -1.99. The van der Waals surface area contributed by atoms with Crippen molar-refractivity contribution in [2.75, 3.05) is 24.1 Å². The monoisotopic (exact) mass is 293 g/mol. The molecule has 1 aromatic rings. The van der Waals surface area contributed by atoms with Crippen LogP contribution in [0.1, 0.15) is 17.3 Å². The maximum absolute atomic E-state index is 12.8. The molecule has 0 unspecified atom stereocenters. The van der Waals surface area contributed by atoms with Gasteiger partial charge in [-0.2, -0.15) is 8.78 Å². The minimum absolute atomic E-state index is 0.00841. The predicted molar refractivity (Wildman–Crippen MR) is 68.3 cm³/mol. The maximum atomic E-state index is 12.8. The number of benzene rings is 1. The summed E-state index contributed by atoms with van der Waals surface area (Å²) in [6.07, 6.45) is -3.78. The number of rotatable bonds is 6. The molecule has 0 radical (unpaired) electrons. The van der Waals surface area contributed by atoms with Crippen LogP contribution < -0.4 is 16.4 Å². The highest BCUT2D eigenvalue weighted by atomic mass is 19.3. The molecule has 0 aliphatic rings. The van der Waals surface area contributed by atoms with Gasteiger partial charge in [0.25, 0.3) is 5.91 Å². The van der Waals surface area contributed by atoms with Crippen LogP contribution in [0, 0.1) is 0 Å². The molecule has 1 aromatic carbocycles. The van der Waals surface area contributed by atoms with Crippen molar-refractivity contribution in [3.63, 3.8) is 0 Å². The molecule has 8 heteroatoms. The van der Waals surface area contributed by atoms with E-state index < -0.39 is 24.8 Å². The predicted octanol–water partition coefficient (Wildman–Crippen LogP) is 2.33. The zero-order valence-electron chi connectivity index (χ0n) is 10.7. The number of amides is 1. The van der Waals surface area contributed by atoms with E-state index in [2.05, 4.69) is 10.6 Å². The summed E-state index contributed by atoms with van der Waals surface area (Å²) < 4.78 is 49.7. The Kier molecular flexibility index (Phi) is 5.18. The van der Waals surface area contributed by atoms with Crippen LogP contribution in [0.5, 0.6) is 0 Å². The number of alkyl halides is 4. The summed E-state index contributed by atoms with van der Waals surface area (Å²) in [5, 5.41) is 4.66. The molecule has 1 amide bonds. The van der Waals surface area contributed by atoms with Crippen LogP contribution in [0.2, 0.25) is 0 Å². The molecule has 0 aromatic heterocycles. The van der Waals surface area contributed by atoms with Gasteiger partial charge in [0.05, 0.1) is 17.9 Å². The van der Waals surface area contributed by atoms with Crippen molar-refractivity contribution >= 4 is 17.3 Å². The fourth-order valence-electron chi connectivity index (χ4n) is 1.40. The van der Waals surface area contributed by atoms with E-state index in [4.69, 9.17) is 5.73 Å². The molecule has 0 aliphatic heterocycles. The van der Waals surface area contributed by atoms with Crippen LogP contribution >= 0.6 is 0 Å². The fourth-order valence-corrected chi connectivity index (χ4v) is 1.40. The number of anilines is 2. The number of hydrogen-bond acceptors (Lipinski definition) is 3. The van der Waals surface area contributed by atoms with Crippen molar-refractivity contribution in [3.05, 3.63) is 23.8 Å². The lowest BCUT2D eigenvalue weighted by atomic mass is 10.1. The first-order chi connectivity index (χ1) is 9.27. The van der Waals surface area contributed by atoms with Gasteiger partial charge in [0, 0.05) is 12.1 Å². The Balaban J connectivity index is 2.85. The van der Waals surface area contributed by atoms with Crippen LogP contribution in [0.15, 0.2) is 18.2 Å². The summed E-state index contributed by atoms with van der Waals surface area (Å²) in [5.41, 5.74) is 5.84. The Morgan fingerprint density at radius 1 is 1.40 bits per heavy atom. The highest BCUT2D eigenvalue weighted by molar-refractivity contribution is 5.96. The van der Waals surface area contributed by atoms with E-state index in [0.717, 1.165) is 0 Å². The minimum atomic E-state index is -4.17. The second-order valence-electron chi connectivity index (χ2n) is 4.08. The summed E-state index contributed by atoms with van der Waals surface area (Å²) >= 11 is 0. The second-order valence-corrected chi connectivity index (χ2v) is 4.08. The van der Waals surface area contributed by atoms with Gasteiger partial charge in [-0.1, -0.05) is 0 Å². The van der Waals surface area contributed by atoms with Gasteiger partial charge in [0.1, 0.15) is 0 Å². The van der Waals surface area contributed by atoms with Crippen LogP contribution in [0.3, 0.4) is 0 Å². The summed E-state index contributed by atoms with van der Waals surface area (Å²) in [4.78, 5) is 11.6. The number of nitrogen functional groups attached to an aromatic ring is 1. The smallest absolute Gasteiger partial charge is 0.324 e. The third-order valence-electron chi connectivity index (χ3n) is 2.49. The summed E-state index contributed by atoms with van der Waals surface area (Å²) in [6.45, 7) is 0.848. The standard InChI is InChI=1S/C12H15F4N3O/c1-2-18-10(20)7-3-4-8(17)9(5-7)19-6-12(15,16)11(13)14/h3-5,11,19H,2,6,17H2,1H3,(H,18,20). The van der Waals surface area contributed by atoms with E-state index in [1.807, 2.05) is 0 Å². The molecule has 0 bridgehead atoms. The Morgan fingerprint density at radius 3 is 2.60 bits per heavy atom. The van der Waals surface area contributed by atoms with Gasteiger partial charge < -0.3 is 16.4 Å². The summed E-state index contributed by atoms with van der Waals surface area (Å²) in [6, 6.07) is 3.99. The number of halogens is 4. The van der Waals surface area contributed by atoms with E-state index in [0.29, 0.717) is 6.54 Å². The molecule has 112 valence electrons. The van der Waals surface area contributed by atoms with Gasteiger partial charge in [-0.25, -0.2) is 8.78 Å². The first kappa shape index (κ1) is 16.1. The van der Waals surface area contributed by atoms with Gasteiger partial charge in [-0.05, 0) is 25.1 Å². The van der Waals surface area contributed by atoms with E-state index in [1.54, 1.807) is 6.92 Å². The molecule has 0 aliphatic carbocycles. The Morgan fingerprint density at radius 2 is 2.05 bits per heavy atom. The molecule has 0 heterocycles. The van der Waals surface area contributed by atoms with Crippen molar-refractivity contribution in [1.82, 2.24) is 5.32 Å². The zero-order chi connectivity index (χ0) is 15.3. The summed E-state index contributed by atoms with van der Waals surface area (Å²) in [7, 11) is 0. The van der Waals surface area contributed by atoms with Gasteiger partial charge >= 0.3 is 12.3 Å². The molecule has 0 saturated carbocycles. The molecule has 1 rings (SSSR count). The molecule has 20 heavy (non-hydrogen) atoms. The average molecular weight is 293 g/mol. The second kappa shape index (κ2) is 6.44. The van der Waals surface area contributed by atoms with Crippen LogP contribution in [0.4, 0.5) is 28.9 Å². The van der Waals surface area contributed by atoms with E-state index in [1.165, 1.54) is 18.2 Å². The minimum Gasteiger partial charge on any atom is -0.397 e. The van der Waals surface area contributed by atoms with Crippen molar-refractivity contribution in [2.45, 2.75) is 19.3 Å². The van der Waals surface area contributed by atoms with Crippen LogP contribution in [0.25, 0.3) is 0 Å². The number of nitrogens with two attached hydrogens (primary N) is 1. The maximum Gasteiger partial charge on any atom is 0.324 e. The van der Waals surface area contributed by atoms with Gasteiger partial charge in [-0.15, -0.1) is 0 Å². The van der Waals surface area contributed by atoms with Crippen molar-refractivity contribution in [3.8, 4) is 0 Å². The first-order valence-corrected chi connectivity index (χ1v) is 5.85. The molecule has 4 N–H and O–H groups in total. The zero-order valence-corrected chi connectivity index (χ0v) is 10.7. The van der Waals surface area contributed by atoms with Crippen molar-refractivity contribution in [1.29, 1.82) is 0 Å². The molecule has 0 saturated heterocycles. The lowest BCUT2D eigenvalue weighted by Gasteiger charge is -2.18. The average Bonchev–Trinajstić information content (AvgIpc) is 2.37. The number of carbonyl (C=O) groups excluding carboxylic acids is 1. The lowest BCUT2D eigenvalue weighted by Crippen LogP contribution is -2.35.